The van der Waals surface area contributed by atoms with Crippen LogP contribution in [0, 0.1) is 12.7 Å². The lowest BCUT2D eigenvalue weighted by molar-refractivity contribution is -0.116. The molecule has 2 aromatic heterocycles. The number of nitrogens with zero attached hydrogens (tertiary/aromatic N) is 2. The van der Waals surface area contributed by atoms with Gasteiger partial charge in [0.05, 0.1) is 12.5 Å². The summed E-state index contributed by atoms with van der Waals surface area (Å²) in [5.74, 6) is 0.388. The fourth-order valence-corrected chi connectivity index (χ4v) is 4.16. The normalized spacial score (nSPS) is 10.9. The van der Waals surface area contributed by atoms with Crippen molar-refractivity contribution in [2.45, 2.75) is 13.5 Å². The summed E-state index contributed by atoms with van der Waals surface area (Å²) in [6, 6.07) is 12.9. The number of hydrogen-bond donors (Lipinski definition) is 1. The second kappa shape index (κ2) is 8.08. The SMILES string of the molecule is COc1ccc(-c2csc3nc(C)n(CC(=O)Nc4ccc(F)cc4)c(=O)c23)cc1. The number of benzene rings is 2. The van der Waals surface area contributed by atoms with Gasteiger partial charge in [0, 0.05) is 16.6 Å². The van der Waals surface area contributed by atoms with E-state index in [9.17, 15) is 14.0 Å². The van der Waals surface area contributed by atoms with Gasteiger partial charge in [0.1, 0.15) is 28.8 Å². The molecule has 2 heterocycles. The highest BCUT2D eigenvalue weighted by molar-refractivity contribution is 7.17. The van der Waals surface area contributed by atoms with Crippen molar-refractivity contribution in [3.8, 4) is 16.9 Å². The van der Waals surface area contributed by atoms with Crippen LogP contribution < -0.4 is 15.6 Å². The van der Waals surface area contributed by atoms with Crippen molar-refractivity contribution in [3.05, 3.63) is 75.9 Å². The number of anilines is 1. The minimum Gasteiger partial charge on any atom is -0.497 e. The zero-order valence-corrected chi connectivity index (χ0v) is 17.1. The van der Waals surface area contributed by atoms with Crippen LogP contribution in [0.5, 0.6) is 5.75 Å². The van der Waals surface area contributed by atoms with E-state index in [4.69, 9.17) is 4.74 Å². The van der Waals surface area contributed by atoms with E-state index in [2.05, 4.69) is 10.3 Å². The summed E-state index contributed by atoms with van der Waals surface area (Å²) in [6.45, 7) is 1.50. The molecule has 0 bridgehead atoms. The lowest BCUT2D eigenvalue weighted by Crippen LogP contribution is -2.30. The zero-order chi connectivity index (χ0) is 21.3. The molecule has 8 heteroatoms. The van der Waals surface area contributed by atoms with E-state index in [1.54, 1.807) is 14.0 Å². The number of amides is 1. The van der Waals surface area contributed by atoms with Crippen LogP contribution in [-0.4, -0.2) is 22.6 Å². The van der Waals surface area contributed by atoms with Gasteiger partial charge < -0.3 is 10.1 Å². The summed E-state index contributed by atoms with van der Waals surface area (Å²) in [4.78, 5) is 30.8. The molecular formula is C22H18FN3O3S. The van der Waals surface area contributed by atoms with Crippen LogP contribution >= 0.6 is 11.3 Å². The van der Waals surface area contributed by atoms with Crippen molar-refractivity contribution >= 4 is 33.1 Å². The number of ether oxygens (including phenoxy) is 1. The molecule has 0 aliphatic heterocycles. The van der Waals surface area contributed by atoms with Crippen LogP contribution in [0.3, 0.4) is 0 Å². The Morgan fingerprint density at radius 1 is 1.17 bits per heavy atom. The van der Waals surface area contributed by atoms with E-state index >= 15 is 0 Å². The Morgan fingerprint density at radius 3 is 2.53 bits per heavy atom. The van der Waals surface area contributed by atoms with Gasteiger partial charge in [-0.2, -0.15) is 0 Å². The third-order valence-electron chi connectivity index (χ3n) is 4.72. The molecule has 152 valence electrons. The van der Waals surface area contributed by atoms with Gasteiger partial charge in [0.15, 0.2) is 0 Å². The third kappa shape index (κ3) is 3.81. The van der Waals surface area contributed by atoms with Crippen molar-refractivity contribution in [1.29, 1.82) is 0 Å². The summed E-state index contributed by atoms with van der Waals surface area (Å²) in [6.07, 6.45) is 0. The molecule has 4 aromatic rings. The summed E-state index contributed by atoms with van der Waals surface area (Å²) >= 11 is 1.39. The Bertz CT molecular complexity index is 1280. The fourth-order valence-electron chi connectivity index (χ4n) is 3.17. The maximum atomic E-state index is 13.2. The number of nitrogens with one attached hydrogen (secondary N) is 1. The molecular weight excluding hydrogens is 405 g/mol. The highest BCUT2D eigenvalue weighted by atomic mass is 32.1. The van der Waals surface area contributed by atoms with E-state index in [1.807, 2.05) is 29.6 Å². The Balaban J connectivity index is 1.69. The van der Waals surface area contributed by atoms with Crippen LogP contribution in [0.1, 0.15) is 5.82 Å². The minimum absolute atomic E-state index is 0.192. The topological polar surface area (TPSA) is 73.2 Å². The molecule has 0 radical (unpaired) electrons. The molecule has 2 aromatic carbocycles. The van der Waals surface area contributed by atoms with Crippen molar-refractivity contribution in [3.63, 3.8) is 0 Å². The average Bonchev–Trinajstić information content (AvgIpc) is 3.16. The number of thiophene rings is 1. The second-order valence-electron chi connectivity index (χ2n) is 6.66. The first-order valence-corrected chi connectivity index (χ1v) is 10.0. The first-order chi connectivity index (χ1) is 14.5. The smallest absolute Gasteiger partial charge is 0.263 e. The predicted octanol–water partition coefficient (Wildman–Crippen LogP) is 4.22. The van der Waals surface area contributed by atoms with E-state index < -0.39 is 11.7 Å². The summed E-state index contributed by atoms with van der Waals surface area (Å²) in [5.41, 5.74) is 1.81. The first-order valence-electron chi connectivity index (χ1n) is 9.15. The van der Waals surface area contributed by atoms with Gasteiger partial charge in [0.2, 0.25) is 5.91 Å². The molecule has 30 heavy (non-hydrogen) atoms. The lowest BCUT2D eigenvalue weighted by Gasteiger charge is -2.11. The highest BCUT2D eigenvalue weighted by Crippen LogP contribution is 2.32. The van der Waals surface area contributed by atoms with Gasteiger partial charge in [-0.25, -0.2) is 9.37 Å². The molecule has 0 unspecified atom stereocenters. The predicted molar refractivity (Wildman–Crippen MR) is 116 cm³/mol. The molecule has 0 saturated heterocycles. The highest BCUT2D eigenvalue weighted by Gasteiger charge is 2.17. The molecule has 0 aliphatic rings. The van der Waals surface area contributed by atoms with Gasteiger partial charge in [0.25, 0.3) is 5.56 Å². The molecule has 0 saturated carbocycles. The number of aryl methyl sites for hydroxylation is 1. The van der Waals surface area contributed by atoms with Gasteiger partial charge >= 0.3 is 0 Å². The monoisotopic (exact) mass is 423 g/mol. The van der Waals surface area contributed by atoms with Crippen molar-refractivity contribution in [2.24, 2.45) is 0 Å². The van der Waals surface area contributed by atoms with E-state index in [0.29, 0.717) is 21.7 Å². The maximum Gasteiger partial charge on any atom is 0.263 e. The largest absolute Gasteiger partial charge is 0.497 e. The van der Waals surface area contributed by atoms with Crippen LogP contribution in [0.2, 0.25) is 0 Å². The molecule has 1 amide bonds. The number of carbonyl (C=O) groups excluding carboxylic acids is 1. The standard InChI is InChI=1S/C22H18FN3O3S/c1-13-24-21-20(18(12-30-21)14-3-9-17(29-2)10-4-14)22(28)26(13)11-19(27)25-16-7-5-15(23)6-8-16/h3-10,12H,11H2,1-2H3,(H,25,27). The molecule has 0 aliphatic carbocycles. The maximum absolute atomic E-state index is 13.2. The van der Waals surface area contributed by atoms with Crippen LogP contribution in [-0.2, 0) is 11.3 Å². The van der Waals surface area contributed by atoms with Gasteiger partial charge in [-0.05, 0) is 48.9 Å². The van der Waals surface area contributed by atoms with Crippen molar-refractivity contribution < 1.29 is 13.9 Å². The van der Waals surface area contributed by atoms with Crippen LogP contribution in [0.15, 0.2) is 58.7 Å². The van der Waals surface area contributed by atoms with Crippen molar-refractivity contribution in [2.75, 3.05) is 12.4 Å². The van der Waals surface area contributed by atoms with Crippen molar-refractivity contribution in [1.82, 2.24) is 9.55 Å². The molecule has 6 nitrogen and oxygen atoms in total. The van der Waals surface area contributed by atoms with Crippen LogP contribution in [0.4, 0.5) is 10.1 Å². The van der Waals surface area contributed by atoms with E-state index in [-0.39, 0.29) is 12.1 Å². The van der Waals surface area contributed by atoms with E-state index in [1.165, 1.54) is 40.2 Å². The number of methoxy groups -OCH3 is 1. The Kier molecular flexibility index (Phi) is 5.33. The Hall–Kier alpha value is -3.52. The summed E-state index contributed by atoms with van der Waals surface area (Å²) in [7, 11) is 1.59. The average molecular weight is 423 g/mol. The van der Waals surface area contributed by atoms with Gasteiger partial charge in [-0.15, -0.1) is 11.3 Å². The van der Waals surface area contributed by atoms with Gasteiger partial charge in [-0.3, -0.25) is 14.2 Å². The summed E-state index contributed by atoms with van der Waals surface area (Å²) in [5, 5.41) is 5.04. The second-order valence-corrected chi connectivity index (χ2v) is 7.52. The first kappa shape index (κ1) is 19.8. The number of halogens is 1. The molecule has 0 spiro atoms. The molecule has 1 N–H and O–H groups in total. The Labute approximate surface area is 175 Å². The fraction of sp³-hybridized carbons (Fsp3) is 0.136. The molecule has 0 fully saturated rings. The zero-order valence-electron chi connectivity index (χ0n) is 16.3. The molecule has 0 atom stereocenters. The third-order valence-corrected chi connectivity index (χ3v) is 5.59. The number of rotatable bonds is 5. The van der Waals surface area contributed by atoms with Crippen LogP contribution in [0.25, 0.3) is 21.3 Å². The Morgan fingerprint density at radius 2 is 1.87 bits per heavy atom. The number of hydrogen-bond acceptors (Lipinski definition) is 5. The van der Waals surface area contributed by atoms with Gasteiger partial charge in [-0.1, -0.05) is 12.1 Å². The number of fused-ring (bicyclic) bond motifs is 1. The number of carbonyl (C=O) groups is 1. The molecule has 4 rings (SSSR count). The minimum atomic E-state index is -0.394. The van der Waals surface area contributed by atoms with E-state index in [0.717, 1.165) is 16.9 Å². The summed E-state index contributed by atoms with van der Waals surface area (Å²) < 4.78 is 19.6. The lowest BCUT2D eigenvalue weighted by atomic mass is 10.1. The number of aromatic nitrogens is 2. The quantitative estimate of drug-likeness (QED) is 0.522.